The third kappa shape index (κ3) is 2.88. The summed E-state index contributed by atoms with van der Waals surface area (Å²) in [5, 5.41) is 7.93. The van der Waals surface area contributed by atoms with Crippen LogP contribution in [0.4, 0.5) is 4.39 Å². The first kappa shape index (κ1) is 16.1. The predicted molar refractivity (Wildman–Crippen MR) is 82.6 cm³/mol. The highest BCUT2D eigenvalue weighted by molar-refractivity contribution is 7.89. The summed E-state index contributed by atoms with van der Waals surface area (Å²) < 4.78 is 42.7. The fraction of sp³-hybridized carbons (Fsp3) is 0.467. The van der Waals surface area contributed by atoms with Gasteiger partial charge in [-0.2, -0.15) is 4.31 Å². The van der Waals surface area contributed by atoms with Gasteiger partial charge in [0.15, 0.2) is 5.82 Å². The molecule has 1 aliphatic heterocycles. The minimum absolute atomic E-state index is 0.116. The van der Waals surface area contributed by atoms with Crippen LogP contribution in [0, 0.1) is 12.7 Å². The van der Waals surface area contributed by atoms with E-state index in [-0.39, 0.29) is 10.9 Å². The summed E-state index contributed by atoms with van der Waals surface area (Å²) in [6, 6.07) is 3.56. The number of nitrogens with zero attached hydrogens (tertiary/aromatic N) is 4. The number of benzene rings is 1. The third-order valence-electron chi connectivity index (χ3n) is 4.23. The summed E-state index contributed by atoms with van der Waals surface area (Å²) in [4.78, 5) is 0.116. The van der Waals surface area contributed by atoms with Gasteiger partial charge in [-0.15, -0.1) is 10.2 Å². The maximum atomic E-state index is 13.5. The number of rotatable bonds is 3. The van der Waals surface area contributed by atoms with Crippen LogP contribution in [0.2, 0.25) is 0 Å². The lowest BCUT2D eigenvalue weighted by molar-refractivity contribution is 0.242. The monoisotopic (exact) mass is 338 g/mol. The lowest BCUT2D eigenvalue weighted by Crippen LogP contribution is -2.39. The predicted octanol–water partition coefficient (Wildman–Crippen LogP) is 2.18. The average Bonchev–Trinajstić information content (AvgIpc) is 2.96. The molecule has 1 aliphatic rings. The van der Waals surface area contributed by atoms with Gasteiger partial charge >= 0.3 is 0 Å². The number of sulfonamides is 1. The van der Waals surface area contributed by atoms with Crippen LogP contribution < -0.4 is 0 Å². The summed E-state index contributed by atoms with van der Waals surface area (Å²) in [6.07, 6.45) is 4.00. The molecule has 2 aromatic rings. The van der Waals surface area contributed by atoms with Crippen molar-refractivity contribution < 1.29 is 12.8 Å². The van der Waals surface area contributed by atoms with E-state index in [0.717, 1.165) is 12.8 Å². The van der Waals surface area contributed by atoms with Crippen molar-refractivity contribution in [3.05, 3.63) is 41.7 Å². The first-order chi connectivity index (χ1) is 10.9. The van der Waals surface area contributed by atoms with E-state index in [1.54, 1.807) is 24.9 Å². The Morgan fingerprint density at radius 2 is 2.09 bits per heavy atom. The number of piperidine rings is 1. The molecule has 1 saturated heterocycles. The van der Waals surface area contributed by atoms with Gasteiger partial charge in [-0.25, -0.2) is 12.8 Å². The summed E-state index contributed by atoms with van der Waals surface area (Å²) in [5.41, 5.74) is 0.318. The van der Waals surface area contributed by atoms with E-state index >= 15 is 0 Å². The summed E-state index contributed by atoms with van der Waals surface area (Å²) in [6.45, 7) is 1.99. The van der Waals surface area contributed by atoms with Gasteiger partial charge in [-0.05, 0) is 43.5 Å². The molecule has 1 aromatic carbocycles. The zero-order valence-electron chi connectivity index (χ0n) is 13.1. The van der Waals surface area contributed by atoms with Crippen molar-refractivity contribution in [1.29, 1.82) is 0 Å². The van der Waals surface area contributed by atoms with Gasteiger partial charge in [0.2, 0.25) is 10.0 Å². The van der Waals surface area contributed by atoms with Crippen LogP contribution in [-0.4, -0.2) is 34.0 Å². The van der Waals surface area contributed by atoms with Gasteiger partial charge < -0.3 is 4.57 Å². The van der Waals surface area contributed by atoms with E-state index in [4.69, 9.17) is 0 Å². The molecule has 124 valence electrons. The van der Waals surface area contributed by atoms with E-state index in [2.05, 4.69) is 10.2 Å². The van der Waals surface area contributed by atoms with Gasteiger partial charge in [0.05, 0.1) is 10.9 Å². The second-order valence-corrected chi connectivity index (χ2v) is 7.73. The molecule has 0 amide bonds. The molecule has 0 saturated carbocycles. The topological polar surface area (TPSA) is 68.1 Å². The number of hydrogen-bond acceptors (Lipinski definition) is 4. The molecular weight excluding hydrogens is 319 g/mol. The first-order valence-corrected chi connectivity index (χ1v) is 8.97. The molecule has 1 aromatic heterocycles. The molecular formula is C15H19FN4O2S. The van der Waals surface area contributed by atoms with Gasteiger partial charge in [-0.1, -0.05) is 6.42 Å². The molecule has 6 nitrogen and oxygen atoms in total. The second-order valence-electron chi connectivity index (χ2n) is 5.84. The number of aromatic nitrogens is 3. The van der Waals surface area contributed by atoms with Crippen LogP contribution >= 0.6 is 0 Å². The quantitative estimate of drug-likeness (QED) is 0.860. The second kappa shape index (κ2) is 6.01. The maximum absolute atomic E-state index is 13.5. The number of halogens is 1. The van der Waals surface area contributed by atoms with E-state index in [9.17, 15) is 12.8 Å². The summed E-state index contributed by atoms with van der Waals surface area (Å²) >= 11 is 0. The SMILES string of the molecule is Cc1cc(S(=O)(=O)N2CCCC[C@@H]2c2nncn2C)ccc1F. The lowest BCUT2D eigenvalue weighted by Gasteiger charge is -2.33. The Bertz CT molecular complexity index is 819. The Labute approximate surface area is 135 Å². The van der Waals surface area contributed by atoms with Gasteiger partial charge in [-0.3, -0.25) is 0 Å². The Hall–Kier alpha value is -1.80. The van der Waals surface area contributed by atoms with Crippen molar-refractivity contribution in [3.8, 4) is 0 Å². The first-order valence-electron chi connectivity index (χ1n) is 7.53. The fourth-order valence-electron chi connectivity index (χ4n) is 2.96. The molecule has 1 fully saturated rings. The molecule has 2 heterocycles. The number of aryl methyl sites for hydroxylation is 2. The van der Waals surface area contributed by atoms with Crippen molar-refractivity contribution in [2.75, 3.05) is 6.54 Å². The van der Waals surface area contributed by atoms with Crippen LogP contribution in [0.5, 0.6) is 0 Å². The van der Waals surface area contributed by atoms with Crippen LogP contribution in [0.3, 0.4) is 0 Å². The highest BCUT2D eigenvalue weighted by Gasteiger charge is 2.36. The Morgan fingerprint density at radius 3 is 2.74 bits per heavy atom. The Morgan fingerprint density at radius 1 is 1.30 bits per heavy atom. The van der Waals surface area contributed by atoms with Crippen molar-refractivity contribution in [3.63, 3.8) is 0 Å². The van der Waals surface area contributed by atoms with E-state index < -0.39 is 15.8 Å². The molecule has 0 aliphatic carbocycles. The van der Waals surface area contributed by atoms with Gasteiger partial charge in [0.1, 0.15) is 12.1 Å². The van der Waals surface area contributed by atoms with Crippen LogP contribution in [0.1, 0.15) is 36.7 Å². The Kier molecular flexibility index (Phi) is 4.20. The molecule has 0 N–H and O–H groups in total. The number of hydrogen-bond donors (Lipinski definition) is 0. The molecule has 3 rings (SSSR count). The van der Waals surface area contributed by atoms with Crippen molar-refractivity contribution in [1.82, 2.24) is 19.1 Å². The van der Waals surface area contributed by atoms with Crippen molar-refractivity contribution in [2.24, 2.45) is 7.05 Å². The molecule has 0 unspecified atom stereocenters. The minimum Gasteiger partial charge on any atom is -0.319 e. The highest BCUT2D eigenvalue weighted by atomic mass is 32.2. The molecule has 0 spiro atoms. The average molecular weight is 338 g/mol. The minimum atomic E-state index is -3.71. The van der Waals surface area contributed by atoms with Crippen LogP contribution in [0.25, 0.3) is 0 Å². The molecule has 0 radical (unpaired) electrons. The van der Waals surface area contributed by atoms with Gasteiger partial charge in [0, 0.05) is 13.6 Å². The van der Waals surface area contributed by atoms with Crippen molar-refractivity contribution >= 4 is 10.0 Å². The fourth-order valence-corrected chi connectivity index (χ4v) is 4.70. The zero-order valence-corrected chi connectivity index (χ0v) is 13.9. The van der Waals surface area contributed by atoms with E-state index in [1.807, 2.05) is 0 Å². The standard InChI is InChI=1S/C15H19FN4O2S/c1-11-9-12(6-7-13(11)16)23(21,22)20-8-4-3-5-14(20)15-18-17-10-19(15)2/h6-7,9-10,14H,3-5,8H2,1-2H3/t14-/m1/s1. The van der Waals surface area contributed by atoms with Gasteiger partial charge in [0.25, 0.3) is 0 Å². The van der Waals surface area contributed by atoms with E-state index in [1.165, 1.54) is 22.5 Å². The van der Waals surface area contributed by atoms with Crippen LogP contribution in [0.15, 0.2) is 29.4 Å². The molecule has 8 heteroatoms. The normalized spacial score (nSPS) is 19.9. The zero-order chi connectivity index (χ0) is 16.6. The molecule has 23 heavy (non-hydrogen) atoms. The Balaban J connectivity index is 2.02. The maximum Gasteiger partial charge on any atom is 0.243 e. The molecule has 1 atom stereocenters. The molecule has 0 bridgehead atoms. The largest absolute Gasteiger partial charge is 0.319 e. The third-order valence-corrected chi connectivity index (χ3v) is 6.14. The lowest BCUT2D eigenvalue weighted by atomic mass is 10.0. The van der Waals surface area contributed by atoms with Crippen LogP contribution in [-0.2, 0) is 17.1 Å². The van der Waals surface area contributed by atoms with Crippen molar-refractivity contribution in [2.45, 2.75) is 37.1 Å². The highest BCUT2D eigenvalue weighted by Crippen LogP contribution is 2.34. The smallest absolute Gasteiger partial charge is 0.243 e. The summed E-state index contributed by atoms with van der Waals surface area (Å²) in [7, 11) is -1.91. The van der Waals surface area contributed by atoms with E-state index in [0.29, 0.717) is 24.4 Å². The summed E-state index contributed by atoms with van der Waals surface area (Å²) in [5.74, 6) is 0.222.